The molecule has 0 saturated carbocycles. The second-order valence-electron chi connectivity index (χ2n) is 5.38. The molecule has 1 rings (SSSR count). The number of aliphatic hydroxyl groups excluding tert-OH is 1. The van der Waals surface area contributed by atoms with E-state index in [1.54, 1.807) is 0 Å². The van der Waals surface area contributed by atoms with Gasteiger partial charge in [-0.2, -0.15) is 0 Å². The lowest BCUT2D eigenvalue weighted by Gasteiger charge is -2.31. The van der Waals surface area contributed by atoms with Crippen molar-refractivity contribution in [2.45, 2.75) is 38.6 Å². The molecule has 0 fully saturated rings. The van der Waals surface area contributed by atoms with Crippen LogP contribution in [0, 0.1) is 0 Å². The molecule has 0 aliphatic carbocycles. The van der Waals surface area contributed by atoms with Gasteiger partial charge in [0.2, 0.25) is 0 Å². The van der Waals surface area contributed by atoms with Crippen molar-refractivity contribution < 1.29 is 5.11 Å². The zero-order chi connectivity index (χ0) is 11.5. The normalized spacial score (nSPS) is 13.1. The van der Waals surface area contributed by atoms with Crippen molar-refractivity contribution in [2.24, 2.45) is 0 Å². The fraction of sp³-hybridized carbons (Fsp3) is 0.667. The molecule has 0 aliphatic heterocycles. The third-order valence-corrected chi connectivity index (χ3v) is 2.78. The van der Waals surface area contributed by atoms with Crippen LogP contribution in [-0.2, 0) is 5.41 Å². The van der Waals surface area contributed by atoms with Gasteiger partial charge in [0.15, 0.2) is 0 Å². The standard InChI is InChI=1S/C12H22N2O/c1-11(2,10-5-6-13-7-10)8-14-12(3,4)9-15/h5-7,13-15H,8-9H2,1-4H3. The summed E-state index contributed by atoms with van der Waals surface area (Å²) in [5, 5.41) is 12.5. The maximum Gasteiger partial charge on any atom is 0.0607 e. The van der Waals surface area contributed by atoms with Gasteiger partial charge in [-0.05, 0) is 25.5 Å². The van der Waals surface area contributed by atoms with Crippen molar-refractivity contribution in [3.05, 3.63) is 24.0 Å². The minimum absolute atomic E-state index is 0.0758. The molecule has 0 unspecified atom stereocenters. The van der Waals surface area contributed by atoms with E-state index in [9.17, 15) is 0 Å². The Morgan fingerprint density at radius 2 is 2.00 bits per heavy atom. The van der Waals surface area contributed by atoms with Gasteiger partial charge in [0, 0.05) is 29.9 Å². The number of rotatable bonds is 5. The number of aromatic nitrogens is 1. The van der Waals surface area contributed by atoms with Crippen LogP contribution in [0.25, 0.3) is 0 Å². The van der Waals surface area contributed by atoms with E-state index in [0.717, 1.165) is 6.54 Å². The predicted octanol–water partition coefficient (Wildman–Crippen LogP) is 1.65. The molecule has 0 amide bonds. The largest absolute Gasteiger partial charge is 0.394 e. The molecule has 1 aromatic heterocycles. The first kappa shape index (κ1) is 12.3. The number of aliphatic hydroxyl groups is 1. The molecule has 86 valence electrons. The Balaban J connectivity index is 2.58. The molecule has 1 aromatic rings. The number of hydrogen-bond acceptors (Lipinski definition) is 2. The van der Waals surface area contributed by atoms with E-state index in [2.05, 4.69) is 30.2 Å². The van der Waals surface area contributed by atoms with Gasteiger partial charge in [0.05, 0.1) is 6.61 Å². The SMILES string of the molecule is CC(C)(CO)NCC(C)(C)c1cc[nH]c1. The van der Waals surface area contributed by atoms with Gasteiger partial charge in [-0.15, -0.1) is 0 Å². The second-order valence-corrected chi connectivity index (χ2v) is 5.38. The zero-order valence-electron chi connectivity index (χ0n) is 10.1. The van der Waals surface area contributed by atoms with E-state index in [1.807, 2.05) is 26.2 Å². The Labute approximate surface area is 91.9 Å². The topological polar surface area (TPSA) is 48.0 Å². The summed E-state index contributed by atoms with van der Waals surface area (Å²) in [5.74, 6) is 0. The van der Waals surface area contributed by atoms with E-state index in [-0.39, 0.29) is 17.6 Å². The molecule has 0 spiro atoms. The van der Waals surface area contributed by atoms with Crippen molar-refractivity contribution in [3.63, 3.8) is 0 Å². The van der Waals surface area contributed by atoms with Crippen LogP contribution in [0.2, 0.25) is 0 Å². The summed E-state index contributed by atoms with van der Waals surface area (Å²) < 4.78 is 0. The molecule has 0 radical (unpaired) electrons. The van der Waals surface area contributed by atoms with E-state index in [0.29, 0.717) is 0 Å². The number of H-pyrrole nitrogens is 1. The summed E-state index contributed by atoms with van der Waals surface area (Å²) >= 11 is 0. The molecule has 1 heterocycles. The van der Waals surface area contributed by atoms with Crippen molar-refractivity contribution in [2.75, 3.05) is 13.2 Å². The molecule has 3 N–H and O–H groups in total. The molecule has 0 aliphatic rings. The van der Waals surface area contributed by atoms with E-state index >= 15 is 0 Å². The summed E-state index contributed by atoms with van der Waals surface area (Å²) in [6.45, 7) is 9.38. The number of aromatic amines is 1. The van der Waals surface area contributed by atoms with Crippen LogP contribution in [0.1, 0.15) is 33.3 Å². The van der Waals surface area contributed by atoms with Crippen molar-refractivity contribution in [3.8, 4) is 0 Å². The summed E-state index contributed by atoms with van der Waals surface area (Å²) in [6, 6.07) is 2.09. The highest BCUT2D eigenvalue weighted by molar-refractivity contribution is 5.20. The molecule has 0 aromatic carbocycles. The highest BCUT2D eigenvalue weighted by atomic mass is 16.3. The van der Waals surface area contributed by atoms with Gasteiger partial charge in [-0.1, -0.05) is 13.8 Å². The maximum absolute atomic E-state index is 9.15. The molecule has 0 bridgehead atoms. The first-order valence-electron chi connectivity index (χ1n) is 5.36. The zero-order valence-corrected chi connectivity index (χ0v) is 10.1. The Morgan fingerprint density at radius 3 is 2.47 bits per heavy atom. The molecule has 0 atom stereocenters. The first-order chi connectivity index (χ1) is 6.87. The van der Waals surface area contributed by atoms with Crippen LogP contribution in [0.15, 0.2) is 18.5 Å². The van der Waals surface area contributed by atoms with Gasteiger partial charge < -0.3 is 15.4 Å². The fourth-order valence-corrected chi connectivity index (χ4v) is 1.36. The summed E-state index contributed by atoms with van der Waals surface area (Å²) in [7, 11) is 0. The first-order valence-corrected chi connectivity index (χ1v) is 5.36. The quantitative estimate of drug-likeness (QED) is 0.692. The minimum atomic E-state index is -0.215. The lowest BCUT2D eigenvalue weighted by atomic mass is 9.85. The molecule has 15 heavy (non-hydrogen) atoms. The molecule has 3 nitrogen and oxygen atoms in total. The summed E-state index contributed by atoms with van der Waals surface area (Å²) in [6.07, 6.45) is 3.96. The maximum atomic E-state index is 9.15. The van der Waals surface area contributed by atoms with Crippen molar-refractivity contribution in [1.82, 2.24) is 10.3 Å². The van der Waals surface area contributed by atoms with Crippen LogP contribution in [0.3, 0.4) is 0 Å². The average Bonchev–Trinajstić information content (AvgIpc) is 2.69. The molecular weight excluding hydrogens is 188 g/mol. The van der Waals surface area contributed by atoms with Crippen LogP contribution in [-0.4, -0.2) is 28.8 Å². The molecular formula is C12H22N2O. The highest BCUT2D eigenvalue weighted by Gasteiger charge is 2.24. The number of nitrogens with one attached hydrogen (secondary N) is 2. The van der Waals surface area contributed by atoms with E-state index < -0.39 is 0 Å². The van der Waals surface area contributed by atoms with E-state index in [4.69, 9.17) is 5.11 Å². The van der Waals surface area contributed by atoms with Gasteiger partial charge in [-0.3, -0.25) is 0 Å². The lowest BCUT2D eigenvalue weighted by Crippen LogP contribution is -2.47. The third-order valence-electron chi connectivity index (χ3n) is 2.78. The van der Waals surface area contributed by atoms with E-state index in [1.165, 1.54) is 5.56 Å². The predicted molar refractivity (Wildman–Crippen MR) is 63.0 cm³/mol. The smallest absolute Gasteiger partial charge is 0.0607 e. The Kier molecular flexibility index (Phi) is 3.58. The Hall–Kier alpha value is -0.800. The second kappa shape index (κ2) is 4.37. The Bertz CT molecular complexity index is 289. The van der Waals surface area contributed by atoms with Gasteiger partial charge in [-0.25, -0.2) is 0 Å². The molecule has 3 heteroatoms. The third kappa shape index (κ3) is 3.36. The summed E-state index contributed by atoms with van der Waals surface area (Å²) in [5.41, 5.74) is 1.14. The number of hydrogen-bond donors (Lipinski definition) is 3. The minimum Gasteiger partial charge on any atom is -0.394 e. The average molecular weight is 210 g/mol. The van der Waals surface area contributed by atoms with Crippen molar-refractivity contribution >= 4 is 0 Å². The lowest BCUT2D eigenvalue weighted by molar-refractivity contribution is 0.181. The Morgan fingerprint density at radius 1 is 1.33 bits per heavy atom. The van der Waals surface area contributed by atoms with Gasteiger partial charge >= 0.3 is 0 Å². The van der Waals surface area contributed by atoms with Crippen LogP contribution < -0.4 is 5.32 Å². The van der Waals surface area contributed by atoms with Gasteiger partial charge in [0.1, 0.15) is 0 Å². The summed E-state index contributed by atoms with van der Waals surface area (Å²) in [4.78, 5) is 3.07. The van der Waals surface area contributed by atoms with Crippen LogP contribution in [0.5, 0.6) is 0 Å². The highest BCUT2D eigenvalue weighted by Crippen LogP contribution is 2.22. The van der Waals surface area contributed by atoms with Crippen molar-refractivity contribution in [1.29, 1.82) is 0 Å². The monoisotopic (exact) mass is 210 g/mol. The molecule has 0 saturated heterocycles. The van der Waals surface area contributed by atoms with Crippen LogP contribution in [0.4, 0.5) is 0 Å². The fourth-order valence-electron chi connectivity index (χ4n) is 1.36. The van der Waals surface area contributed by atoms with Crippen LogP contribution >= 0.6 is 0 Å². The van der Waals surface area contributed by atoms with Gasteiger partial charge in [0.25, 0.3) is 0 Å².